The molecule has 0 aliphatic carbocycles. The number of hydrogen-bond acceptors (Lipinski definition) is 6. The van der Waals surface area contributed by atoms with Crippen molar-refractivity contribution in [3.63, 3.8) is 0 Å². The van der Waals surface area contributed by atoms with Crippen LogP contribution in [-0.4, -0.2) is 76.4 Å². The van der Waals surface area contributed by atoms with Crippen LogP contribution in [0.1, 0.15) is 19.8 Å². The third-order valence-electron chi connectivity index (χ3n) is 2.42. The van der Waals surface area contributed by atoms with Crippen molar-refractivity contribution in [3.8, 4) is 0 Å². The minimum Gasteiger partial charge on any atom is -0.481 e. The Morgan fingerprint density at radius 1 is 0.773 bits per heavy atom. The van der Waals surface area contributed by atoms with Crippen molar-refractivity contribution in [2.24, 2.45) is 0 Å². The summed E-state index contributed by atoms with van der Waals surface area (Å²) in [6.07, 6.45) is 0.363. The summed E-state index contributed by atoms with van der Waals surface area (Å²) in [7, 11) is 0. The van der Waals surface area contributed by atoms with Crippen LogP contribution in [0.15, 0.2) is 0 Å². The van der Waals surface area contributed by atoms with Crippen LogP contribution in [0.4, 0.5) is 0 Å². The summed E-state index contributed by atoms with van der Waals surface area (Å²) in [4.78, 5) is 21.3. The first kappa shape index (κ1) is 20.8. The van der Waals surface area contributed by atoms with Gasteiger partial charge in [-0.15, -0.1) is 0 Å². The molecule has 0 rings (SSSR count). The van der Waals surface area contributed by atoms with Gasteiger partial charge in [0.1, 0.15) is 0 Å². The number of amides is 1. The van der Waals surface area contributed by atoms with E-state index in [1.807, 2.05) is 6.92 Å². The highest BCUT2D eigenvalue weighted by Gasteiger charge is 1.99. The minimum absolute atomic E-state index is 0.00319. The zero-order chi connectivity index (χ0) is 16.5. The van der Waals surface area contributed by atoms with E-state index in [4.69, 9.17) is 24.1 Å². The van der Waals surface area contributed by atoms with E-state index in [2.05, 4.69) is 5.32 Å². The first-order valence-electron chi connectivity index (χ1n) is 7.46. The Bertz CT molecular complexity index is 286. The number of ether oxygens (including phenoxy) is 4. The van der Waals surface area contributed by atoms with Gasteiger partial charge in [0.25, 0.3) is 0 Å². The Hall–Kier alpha value is -1.22. The normalized spacial score (nSPS) is 10.6. The van der Waals surface area contributed by atoms with E-state index in [1.54, 1.807) is 0 Å². The van der Waals surface area contributed by atoms with E-state index in [9.17, 15) is 9.59 Å². The van der Waals surface area contributed by atoms with Crippen LogP contribution in [0.3, 0.4) is 0 Å². The average molecular weight is 321 g/mol. The zero-order valence-electron chi connectivity index (χ0n) is 13.2. The van der Waals surface area contributed by atoms with Gasteiger partial charge in [-0.25, -0.2) is 0 Å². The summed E-state index contributed by atoms with van der Waals surface area (Å²) in [5.74, 6) is -0.884. The lowest BCUT2D eigenvalue weighted by molar-refractivity contribution is -0.138. The lowest BCUT2D eigenvalue weighted by atomic mass is 10.4. The molecule has 0 saturated carbocycles. The molecule has 0 unspecified atom stereocenters. The quantitative estimate of drug-likeness (QED) is 0.387. The Labute approximate surface area is 131 Å². The number of rotatable bonds is 16. The van der Waals surface area contributed by atoms with Crippen LogP contribution in [0.5, 0.6) is 0 Å². The van der Waals surface area contributed by atoms with Crippen molar-refractivity contribution < 1.29 is 33.6 Å². The highest BCUT2D eigenvalue weighted by atomic mass is 16.6. The van der Waals surface area contributed by atoms with Crippen molar-refractivity contribution in [3.05, 3.63) is 0 Å². The van der Waals surface area contributed by atoms with Crippen LogP contribution in [0.25, 0.3) is 0 Å². The van der Waals surface area contributed by atoms with Gasteiger partial charge in [0.15, 0.2) is 0 Å². The predicted molar refractivity (Wildman–Crippen MR) is 78.8 cm³/mol. The number of hydrogen-bond donors (Lipinski definition) is 2. The van der Waals surface area contributed by atoms with Crippen LogP contribution >= 0.6 is 0 Å². The lowest BCUT2D eigenvalue weighted by Crippen LogP contribution is -2.24. The number of carbonyl (C=O) groups is 2. The maximum absolute atomic E-state index is 11.1. The second-order valence-electron chi connectivity index (χ2n) is 4.30. The third-order valence-corrected chi connectivity index (χ3v) is 2.42. The molecule has 0 fully saturated rings. The molecule has 0 aliphatic heterocycles. The summed E-state index contributed by atoms with van der Waals surface area (Å²) in [5.41, 5.74) is 0. The Morgan fingerprint density at radius 2 is 1.18 bits per heavy atom. The first-order chi connectivity index (χ1) is 10.7. The highest BCUT2D eigenvalue weighted by Crippen LogP contribution is 1.86. The molecule has 0 heterocycles. The highest BCUT2D eigenvalue weighted by molar-refractivity contribution is 5.75. The van der Waals surface area contributed by atoms with Crippen LogP contribution in [0.2, 0.25) is 0 Å². The van der Waals surface area contributed by atoms with Crippen molar-refractivity contribution in [1.29, 1.82) is 0 Å². The van der Waals surface area contributed by atoms with Gasteiger partial charge < -0.3 is 29.4 Å². The predicted octanol–water partition coefficient (Wildman–Crippen LogP) is 0.0537. The zero-order valence-corrected chi connectivity index (χ0v) is 13.2. The molecule has 0 aromatic heterocycles. The molecule has 8 nitrogen and oxygen atoms in total. The van der Waals surface area contributed by atoms with E-state index in [-0.39, 0.29) is 18.9 Å². The SMILES string of the molecule is CCNC(=O)CCOCCOCCOCCOCCC(=O)O. The molecule has 0 saturated heterocycles. The summed E-state index contributed by atoms with van der Waals surface area (Å²) in [6.45, 7) is 5.66. The number of carboxylic acid groups (broad SMARTS) is 1. The standard InChI is InChI=1S/C14H27NO7/c1-2-15-13(16)3-5-19-7-9-21-11-12-22-10-8-20-6-4-14(17)18/h2-12H2,1H3,(H,15,16)(H,17,18). The Morgan fingerprint density at radius 3 is 1.59 bits per heavy atom. The van der Waals surface area contributed by atoms with E-state index in [0.29, 0.717) is 59.2 Å². The van der Waals surface area contributed by atoms with E-state index < -0.39 is 5.97 Å². The third kappa shape index (κ3) is 16.8. The van der Waals surface area contributed by atoms with E-state index >= 15 is 0 Å². The van der Waals surface area contributed by atoms with Gasteiger partial charge in [0.2, 0.25) is 5.91 Å². The monoisotopic (exact) mass is 321 g/mol. The molecule has 1 amide bonds. The molecule has 2 N–H and O–H groups in total. The first-order valence-corrected chi connectivity index (χ1v) is 7.46. The van der Waals surface area contributed by atoms with Crippen molar-refractivity contribution in [2.45, 2.75) is 19.8 Å². The summed E-state index contributed by atoms with van der Waals surface area (Å²) in [6, 6.07) is 0. The lowest BCUT2D eigenvalue weighted by Gasteiger charge is -2.07. The minimum atomic E-state index is -0.873. The van der Waals surface area contributed by atoms with E-state index in [1.165, 1.54) is 0 Å². The molecule has 0 aromatic rings. The molecule has 0 radical (unpaired) electrons. The van der Waals surface area contributed by atoms with Crippen LogP contribution < -0.4 is 5.32 Å². The molecule has 0 spiro atoms. The largest absolute Gasteiger partial charge is 0.481 e. The number of carboxylic acids is 1. The molecule has 22 heavy (non-hydrogen) atoms. The second-order valence-corrected chi connectivity index (χ2v) is 4.30. The molecule has 0 aromatic carbocycles. The maximum atomic E-state index is 11.1. The average Bonchev–Trinajstić information content (AvgIpc) is 2.47. The Kier molecular flexibility index (Phi) is 15.3. The number of nitrogens with one attached hydrogen (secondary N) is 1. The molecule has 0 bridgehead atoms. The molecule has 0 aliphatic rings. The van der Waals surface area contributed by atoms with Gasteiger partial charge in [0, 0.05) is 13.0 Å². The van der Waals surface area contributed by atoms with Crippen LogP contribution in [0, 0.1) is 0 Å². The molecular weight excluding hydrogens is 294 g/mol. The van der Waals surface area contributed by atoms with Crippen molar-refractivity contribution in [2.75, 3.05) is 59.4 Å². The van der Waals surface area contributed by atoms with Gasteiger partial charge in [-0.05, 0) is 6.92 Å². The summed E-state index contributed by atoms with van der Waals surface area (Å²) in [5, 5.41) is 11.1. The second kappa shape index (κ2) is 16.2. The fourth-order valence-corrected chi connectivity index (χ4v) is 1.37. The summed E-state index contributed by atoms with van der Waals surface area (Å²) >= 11 is 0. The van der Waals surface area contributed by atoms with Gasteiger partial charge in [-0.2, -0.15) is 0 Å². The number of carbonyl (C=O) groups excluding carboxylic acids is 1. The molecule has 8 heteroatoms. The maximum Gasteiger partial charge on any atom is 0.305 e. The number of aliphatic carboxylic acids is 1. The topological polar surface area (TPSA) is 103 Å². The van der Waals surface area contributed by atoms with Crippen LogP contribution in [-0.2, 0) is 28.5 Å². The molecule has 130 valence electrons. The fourth-order valence-electron chi connectivity index (χ4n) is 1.37. The van der Waals surface area contributed by atoms with Gasteiger partial charge in [-0.3, -0.25) is 9.59 Å². The summed E-state index contributed by atoms with van der Waals surface area (Å²) < 4.78 is 20.8. The smallest absolute Gasteiger partial charge is 0.305 e. The fraction of sp³-hybridized carbons (Fsp3) is 0.857. The Balaban J connectivity index is 3.05. The van der Waals surface area contributed by atoms with Crippen molar-refractivity contribution in [1.82, 2.24) is 5.32 Å². The van der Waals surface area contributed by atoms with Gasteiger partial charge in [-0.1, -0.05) is 0 Å². The van der Waals surface area contributed by atoms with E-state index in [0.717, 1.165) is 0 Å². The molecular formula is C14H27NO7. The van der Waals surface area contributed by atoms with Crippen molar-refractivity contribution >= 4 is 11.9 Å². The van der Waals surface area contributed by atoms with Gasteiger partial charge >= 0.3 is 5.97 Å². The van der Waals surface area contributed by atoms with Gasteiger partial charge in [0.05, 0.1) is 59.3 Å². The molecule has 0 atom stereocenters.